The maximum Gasteiger partial charge on any atom is 0.241 e. The van der Waals surface area contributed by atoms with Gasteiger partial charge in [0.15, 0.2) is 0 Å². The van der Waals surface area contributed by atoms with Crippen LogP contribution in [0, 0.1) is 13.8 Å². The van der Waals surface area contributed by atoms with E-state index in [1.807, 2.05) is 0 Å². The lowest BCUT2D eigenvalue weighted by Gasteiger charge is -2.12. The molecule has 0 fully saturated rings. The van der Waals surface area contributed by atoms with Gasteiger partial charge < -0.3 is 4.74 Å². The number of sulfonamides is 1. The molecule has 16 heavy (non-hydrogen) atoms. The van der Waals surface area contributed by atoms with Gasteiger partial charge in [0.25, 0.3) is 0 Å². The van der Waals surface area contributed by atoms with Gasteiger partial charge in [-0.15, -0.1) is 0 Å². The van der Waals surface area contributed by atoms with Gasteiger partial charge in [-0.2, -0.15) is 0 Å². The Morgan fingerprint density at radius 3 is 2.50 bits per heavy atom. The van der Waals surface area contributed by atoms with E-state index in [0.717, 1.165) is 5.56 Å². The summed E-state index contributed by atoms with van der Waals surface area (Å²) in [6.45, 7) is 2.57. The van der Waals surface area contributed by atoms with Crippen molar-refractivity contribution in [3.8, 4) is 5.75 Å². The smallest absolute Gasteiger partial charge is 0.241 e. The van der Waals surface area contributed by atoms with Gasteiger partial charge in [-0.1, -0.05) is 6.07 Å². The third-order valence-electron chi connectivity index (χ3n) is 2.01. The minimum Gasteiger partial charge on any atom is -0.489 e. The first-order valence-electron chi connectivity index (χ1n) is 4.69. The van der Waals surface area contributed by atoms with Gasteiger partial charge in [-0.25, -0.2) is 17.9 Å². The number of halogens is 1. The molecule has 0 bridgehead atoms. The zero-order chi connectivity index (χ0) is 12.3. The normalized spacial score (nSPS) is 11.5. The second-order valence-electron chi connectivity index (χ2n) is 3.49. The van der Waals surface area contributed by atoms with Gasteiger partial charge in [0.2, 0.25) is 10.0 Å². The zero-order valence-corrected chi connectivity index (χ0v) is 9.97. The molecule has 1 aromatic rings. The van der Waals surface area contributed by atoms with Gasteiger partial charge in [0, 0.05) is 0 Å². The molecule has 0 heterocycles. The first-order chi connectivity index (χ1) is 7.36. The molecule has 0 spiro atoms. The van der Waals surface area contributed by atoms with Crippen molar-refractivity contribution in [2.24, 2.45) is 5.14 Å². The number of primary sulfonamides is 1. The summed E-state index contributed by atoms with van der Waals surface area (Å²) in [4.78, 5) is -0.0987. The minimum absolute atomic E-state index is 0.0987. The average Bonchev–Trinajstić information content (AvgIpc) is 2.14. The van der Waals surface area contributed by atoms with Gasteiger partial charge in [-0.3, -0.25) is 0 Å². The Kier molecular flexibility index (Phi) is 3.88. The third-order valence-corrected chi connectivity index (χ3v) is 2.93. The largest absolute Gasteiger partial charge is 0.489 e. The highest BCUT2D eigenvalue weighted by Gasteiger charge is 2.17. The molecule has 2 N–H and O–H groups in total. The quantitative estimate of drug-likeness (QED) is 0.871. The molecule has 0 unspecified atom stereocenters. The fourth-order valence-electron chi connectivity index (χ4n) is 1.45. The van der Waals surface area contributed by atoms with E-state index in [9.17, 15) is 12.8 Å². The molecule has 0 aromatic heterocycles. The summed E-state index contributed by atoms with van der Waals surface area (Å²) in [5.74, 6) is 0.130. The number of nitrogens with two attached hydrogens (primary N) is 1. The average molecular weight is 247 g/mol. The van der Waals surface area contributed by atoms with Crippen LogP contribution in [0.15, 0.2) is 17.0 Å². The molecule has 0 radical (unpaired) electrons. The summed E-state index contributed by atoms with van der Waals surface area (Å²) in [6.07, 6.45) is 0. The zero-order valence-electron chi connectivity index (χ0n) is 9.16. The molecule has 0 aliphatic carbocycles. The van der Waals surface area contributed by atoms with Crippen LogP contribution in [0.25, 0.3) is 0 Å². The fraction of sp³-hybridized carbons (Fsp3) is 0.400. The maximum atomic E-state index is 12.0. The first-order valence-corrected chi connectivity index (χ1v) is 6.23. The number of rotatable bonds is 4. The van der Waals surface area contributed by atoms with Crippen LogP contribution in [-0.2, 0) is 10.0 Å². The molecular formula is C10H14FNO3S. The Bertz CT molecular complexity index is 485. The van der Waals surface area contributed by atoms with Gasteiger partial charge in [0.1, 0.15) is 23.9 Å². The van der Waals surface area contributed by atoms with Crippen molar-refractivity contribution >= 4 is 10.0 Å². The Hall–Kier alpha value is -1.14. The first kappa shape index (κ1) is 12.9. The molecule has 0 atom stereocenters. The number of hydrogen-bond acceptors (Lipinski definition) is 3. The van der Waals surface area contributed by atoms with Crippen molar-refractivity contribution in [3.05, 3.63) is 23.3 Å². The molecule has 1 rings (SSSR count). The van der Waals surface area contributed by atoms with E-state index in [1.165, 1.54) is 6.07 Å². The Morgan fingerprint density at radius 1 is 1.38 bits per heavy atom. The fourth-order valence-corrected chi connectivity index (χ4v) is 2.28. The van der Waals surface area contributed by atoms with Crippen LogP contribution in [0.5, 0.6) is 5.75 Å². The monoisotopic (exact) mass is 247 g/mol. The van der Waals surface area contributed by atoms with Gasteiger partial charge in [-0.05, 0) is 31.0 Å². The van der Waals surface area contributed by atoms with E-state index in [0.29, 0.717) is 5.56 Å². The summed E-state index contributed by atoms with van der Waals surface area (Å²) < 4.78 is 39.7. The Morgan fingerprint density at radius 2 is 2.00 bits per heavy atom. The highest BCUT2D eigenvalue weighted by molar-refractivity contribution is 7.89. The van der Waals surface area contributed by atoms with Crippen molar-refractivity contribution < 1.29 is 17.5 Å². The minimum atomic E-state index is -3.86. The summed E-state index contributed by atoms with van der Waals surface area (Å²) in [5.41, 5.74) is 1.38. The molecule has 1 aromatic carbocycles. The van der Waals surface area contributed by atoms with Crippen molar-refractivity contribution in [3.63, 3.8) is 0 Å². The number of aryl methyl sites for hydroxylation is 2. The topological polar surface area (TPSA) is 69.4 Å². The van der Waals surface area contributed by atoms with Crippen molar-refractivity contribution in [2.45, 2.75) is 18.7 Å². The van der Waals surface area contributed by atoms with E-state index in [2.05, 4.69) is 0 Å². The Labute approximate surface area is 94.3 Å². The molecule has 90 valence electrons. The third kappa shape index (κ3) is 2.93. The van der Waals surface area contributed by atoms with Crippen LogP contribution in [-0.4, -0.2) is 21.7 Å². The lowest BCUT2D eigenvalue weighted by Crippen LogP contribution is -2.15. The molecule has 0 aliphatic rings. The maximum absolute atomic E-state index is 12.0. The number of hydrogen-bond donors (Lipinski definition) is 1. The predicted octanol–water partition coefficient (Wildman–Crippen LogP) is 1.30. The van der Waals surface area contributed by atoms with E-state index >= 15 is 0 Å². The summed E-state index contributed by atoms with van der Waals surface area (Å²) in [6, 6.07) is 3.16. The van der Waals surface area contributed by atoms with Gasteiger partial charge in [0.05, 0.1) is 0 Å². The van der Waals surface area contributed by atoms with Crippen LogP contribution >= 0.6 is 0 Å². The van der Waals surface area contributed by atoms with E-state index < -0.39 is 16.7 Å². The molecule has 6 heteroatoms. The molecular weight excluding hydrogens is 233 g/mol. The second kappa shape index (κ2) is 4.80. The summed E-state index contributed by atoms with van der Waals surface area (Å²) >= 11 is 0. The standard InChI is InChI=1S/C10H14FNO3S/c1-7-5-8(2)10(15-4-3-11)9(6-7)16(12,13)14/h5-6H,3-4H2,1-2H3,(H2,12,13,14). The molecule has 0 amide bonds. The number of benzene rings is 1. The molecule has 0 saturated heterocycles. The van der Waals surface area contributed by atoms with Crippen molar-refractivity contribution in [1.82, 2.24) is 0 Å². The van der Waals surface area contributed by atoms with E-state index in [1.54, 1.807) is 19.9 Å². The lowest BCUT2D eigenvalue weighted by molar-refractivity contribution is 0.266. The van der Waals surface area contributed by atoms with Crippen LogP contribution < -0.4 is 9.88 Å². The molecule has 4 nitrogen and oxygen atoms in total. The summed E-state index contributed by atoms with van der Waals surface area (Å²) in [7, 11) is -3.86. The highest BCUT2D eigenvalue weighted by Crippen LogP contribution is 2.28. The van der Waals surface area contributed by atoms with Crippen molar-refractivity contribution in [2.75, 3.05) is 13.3 Å². The van der Waals surface area contributed by atoms with E-state index in [-0.39, 0.29) is 17.3 Å². The molecule has 0 saturated carbocycles. The van der Waals surface area contributed by atoms with Crippen LogP contribution in [0.3, 0.4) is 0 Å². The van der Waals surface area contributed by atoms with Gasteiger partial charge >= 0.3 is 0 Å². The van der Waals surface area contributed by atoms with E-state index in [4.69, 9.17) is 9.88 Å². The second-order valence-corrected chi connectivity index (χ2v) is 5.02. The lowest BCUT2D eigenvalue weighted by atomic mass is 10.1. The Balaban J connectivity index is 3.33. The SMILES string of the molecule is Cc1cc(C)c(OCCF)c(S(N)(=O)=O)c1. The highest BCUT2D eigenvalue weighted by atomic mass is 32.2. The van der Waals surface area contributed by atoms with Crippen LogP contribution in [0.2, 0.25) is 0 Å². The number of ether oxygens (including phenoxy) is 1. The molecule has 0 aliphatic heterocycles. The van der Waals surface area contributed by atoms with Crippen LogP contribution in [0.1, 0.15) is 11.1 Å². The predicted molar refractivity (Wildman–Crippen MR) is 58.8 cm³/mol. The number of alkyl halides is 1. The summed E-state index contributed by atoms with van der Waals surface area (Å²) in [5, 5.41) is 5.07. The van der Waals surface area contributed by atoms with Crippen molar-refractivity contribution in [1.29, 1.82) is 0 Å². The van der Waals surface area contributed by atoms with Crippen LogP contribution in [0.4, 0.5) is 4.39 Å².